The standard InChI is InChI=1S/C20H19NO4S.C19H17NO4S.C10H7ClO2S.C10H13NO2.C9H11NO2/c1-25-20(22)14-19(16-8-3-2-4-9-16)21-26(23,24)18-12-11-15-7-5-6-10-17(15)13-18;21-19(22)13-18(15-7-2-1-3-8-15)20-25(23,24)17-11-10-14-6-4-5-9-16(14)12-17;11-14(12,13)10-6-5-8-3-1-2-4-9(8)7-10;1-13-10(12)7-9(11)8-5-3-2-4-6-8;10-8(6-9(11)12)7-4-2-1-3-5-7/h2-13,19,21H,14H2,1H3;1-12,18,20H,13H2,(H,21,22);1-7H;2-6,9H,7,11H2,1H3;1-5,8H,6,10H2,(H,11,12). The summed E-state index contributed by atoms with van der Waals surface area (Å²) in [5.74, 6) is -2.71. The van der Waals surface area contributed by atoms with Crippen LogP contribution in [-0.4, -0.2) is 73.6 Å². The first kappa shape index (κ1) is 69.9. The van der Waals surface area contributed by atoms with E-state index in [-0.39, 0.29) is 52.4 Å². The van der Waals surface area contributed by atoms with Crippen LogP contribution < -0.4 is 20.9 Å². The van der Waals surface area contributed by atoms with Gasteiger partial charge in [0.05, 0.1) is 66.7 Å². The Labute approximate surface area is 527 Å². The average molecular weight is 1300 g/mol. The molecule has 10 rings (SSSR count). The molecule has 0 bridgehead atoms. The van der Waals surface area contributed by atoms with E-state index >= 15 is 0 Å². The Kier molecular flexibility index (Phi) is 26.4. The van der Waals surface area contributed by atoms with Crippen molar-refractivity contribution < 1.29 is 64.1 Å². The van der Waals surface area contributed by atoms with Crippen molar-refractivity contribution in [2.75, 3.05) is 14.2 Å². The Morgan fingerprint density at radius 2 is 0.656 bits per heavy atom. The number of benzene rings is 10. The molecule has 4 unspecified atom stereocenters. The third-order valence-corrected chi connectivity index (χ3v) is 17.8. The van der Waals surface area contributed by atoms with E-state index in [2.05, 4.69) is 14.2 Å². The number of nitrogens with one attached hydrogen (secondary N) is 2. The molecule has 0 aliphatic heterocycles. The predicted octanol–water partition coefficient (Wildman–Crippen LogP) is 11.9. The van der Waals surface area contributed by atoms with Crippen LogP contribution >= 0.6 is 10.7 Å². The fraction of sp³-hybridized carbons (Fsp3) is 0.147. The minimum absolute atomic E-state index is 0.0238. The fourth-order valence-corrected chi connectivity index (χ4v) is 12.1. The summed E-state index contributed by atoms with van der Waals surface area (Å²) >= 11 is 0. The number of nitrogens with two attached hydrogens (primary N) is 2. The second kappa shape index (κ2) is 34.0. The van der Waals surface area contributed by atoms with Crippen molar-refractivity contribution in [2.24, 2.45) is 11.5 Å². The van der Waals surface area contributed by atoms with Crippen molar-refractivity contribution in [2.45, 2.75) is 64.5 Å². The van der Waals surface area contributed by atoms with Gasteiger partial charge in [0, 0.05) is 22.8 Å². The largest absolute Gasteiger partial charge is 0.481 e. The predicted molar refractivity (Wildman–Crippen MR) is 348 cm³/mol. The number of carbonyl (C=O) groups excluding carboxylic acids is 2. The van der Waals surface area contributed by atoms with Crippen LogP contribution in [0.3, 0.4) is 0 Å². The minimum atomic E-state index is -3.86. The molecule has 0 aliphatic carbocycles. The van der Waals surface area contributed by atoms with Gasteiger partial charge in [0.2, 0.25) is 20.0 Å². The van der Waals surface area contributed by atoms with Gasteiger partial charge in [-0.1, -0.05) is 212 Å². The van der Waals surface area contributed by atoms with Crippen LogP contribution in [0.2, 0.25) is 0 Å². The molecule has 468 valence electrons. The minimum Gasteiger partial charge on any atom is -0.481 e. The molecular weight excluding hydrogens is 1230 g/mol. The summed E-state index contributed by atoms with van der Waals surface area (Å²) in [5, 5.41) is 23.0. The molecule has 0 saturated carbocycles. The van der Waals surface area contributed by atoms with Crippen LogP contribution in [0.25, 0.3) is 32.3 Å². The van der Waals surface area contributed by atoms with Crippen LogP contribution in [0.5, 0.6) is 0 Å². The van der Waals surface area contributed by atoms with Gasteiger partial charge in [0.25, 0.3) is 9.05 Å². The molecule has 18 nitrogen and oxygen atoms in total. The number of carboxylic acid groups (broad SMARTS) is 2. The molecule has 10 aromatic carbocycles. The highest BCUT2D eigenvalue weighted by Crippen LogP contribution is 2.27. The van der Waals surface area contributed by atoms with Gasteiger partial charge in [-0.3, -0.25) is 19.2 Å². The van der Waals surface area contributed by atoms with Crippen LogP contribution in [0, 0.1) is 0 Å². The maximum atomic E-state index is 12.9. The van der Waals surface area contributed by atoms with E-state index in [4.69, 9.17) is 37.1 Å². The number of rotatable bonds is 19. The molecule has 0 radical (unpaired) electrons. The Bertz CT molecular complexity index is 4350. The molecule has 0 heterocycles. The van der Waals surface area contributed by atoms with Crippen LogP contribution in [0.1, 0.15) is 72.1 Å². The molecule has 0 spiro atoms. The lowest BCUT2D eigenvalue weighted by atomic mass is 10.1. The lowest BCUT2D eigenvalue weighted by molar-refractivity contribution is -0.142. The molecule has 4 atom stereocenters. The summed E-state index contributed by atoms with van der Waals surface area (Å²) in [4.78, 5) is 44.5. The summed E-state index contributed by atoms with van der Waals surface area (Å²) in [5.41, 5.74) is 14.5. The van der Waals surface area contributed by atoms with Gasteiger partial charge >= 0.3 is 23.9 Å². The topological polar surface area (TPSA) is 306 Å². The van der Waals surface area contributed by atoms with E-state index in [1.807, 2.05) is 140 Å². The Hall–Kier alpha value is -9.16. The quantitative estimate of drug-likeness (QED) is 0.0324. The van der Waals surface area contributed by atoms with Gasteiger partial charge in [0.15, 0.2) is 0 Å². The van der Waals surface area contributed by atoms with Crippen LogP contribution in [-0.2, 0) is 57.7 Å². The Morgan fingerprint density at radius 1 is 0.378 bits per heavy atom. The summed E-state index contributed by atoms with van der Waals surface area (Å²) in [6, 6.07) is 71.3. The number of halogens is 1. The SMILES string of the molecule is COC(=O)CC(N)c1ccccc1.COC(=O)CC(NS(=O)(=O)c1ccc2ccccc2c1)c1ccccc1.NC(CC(=O)O)c1ccccc1.O=C(O)CC(NS(=O)(=O)c1ccc2ccccc2c1)c1ccccc1.O=S(=O)(Cl)c1ccc2ccccc2c1. The number of sulfonamides is 2. The zero-order valence-electron chi connectivity index (χ0n) is 48.9. The lowest BCUT2D eigenvalue weighted by Gasteiger charge is -2.18. The average Bonchev–Trinajstić information content (AvgIpc) is 1.43. The second-order valence-corrected chi connectivity index (χ2v) is 25.9. The fourth-order valence-electron chi connectivity index (χ4n) is 8.84. The van der Waals surface area contributed by atoms with E-state index < -0.39 is 65.1 Å². The van der Waals surface area contributed by atoms with E-state index in [9.17, 15) is 44.4 Å². The molecule has 0 fully saturated rings. The number of hydrogen-bond acceptors (Lipinski definition) is 14. The molecule has 8 N–H and O–H groups in total. The van der Waals surface area contributed by atoms with Gasteiger partial charge in [-0.05, 0) is 91.0 Å². The van der Waals surface area contributed by atoms with E-state index in [1.54, 1.807) is 97.1 Å². The number of ether oxygens (including phenoxy) is 2. The summed E-state index contributed by atoms with van der Waals surface area (Å²) in [6.45, 7) is 0. The number of carboxylic acids is 2. The Balaban J connectivity index is 0.000000186. The second-order valence-electron chi connectivity index (χ2n) is 19.9. The molecule has 0 saturated heterocycles. The molecule has 0 aliphatic rings. The first-order valence-electron chi connectivity index (χ1n) is 27.7. The van der Waals surface area contributed by atoms with E-state index in [0.29, 0.717) is 11.1 Å². The molecule has 10 aromatic rings. The summed E-state index contributed by atoms with van der Waals surface area (Å²) in [6.07, 6.45) is -0.228. The third-order valence-electron chi connectivity index (χ3n) is 13.5. The molecule has 0 aromatic heterocycles. The van der Waals surface area contributed by atoms with Gasteiger partial charge in [0.1, 0.15) is 0 Å². The van der Waals surface area contributed by atoms with E-state index in [0.717, 1.165) is 43.4 Å². The number of fused-ring (bicyclic) bond motifs is 3. The third kappa shape index (κ3) is 22.2. The van der Waals surface area contributed by atoms with Crippen LogP contribution in [0.15, 0.2) is 263 Å². The van der Waals surface area contributed by atoms with Crippen molar-refractivity contribution in [3.05, 3.63) is 271 Å². The number of methoxy groups -OCH3 is 2. The zero-order valence-corrected chi connectivity index (χ0v) is 52.1. The molecular formula is C68H67ClN4O14S3. The lowest BCUT2D eigenvalue weighted by Crippen LogP contribution is -2.30. The monoisotopic (exact) mass is 1290 g/mol. The molecule has 0 amide bonds. The summed E-state index contributed by atoms with van der Waals surface area (Å²) in [7, 11) is -3.42. The van der Waals surface area contributed by atoms with Crippen molar-refractivity contribution in [3.8, 4) is 0 Å². The first-order chi connectivity index (χ1) is 43.0. The van der Waals surface area contributed by atoms with E-state index in [1.165, 1.54) is 26.4 Å². The van der Waals surface area contributed by atoms with Gasteiger partial charge in [-0.15, -0.1) is 0 Å². The van der Waals surface area contributed by atoms with Crippen molar-refractivity contribution in [1.29, 1.82) is 0 Å². The van der Waals surface area contributed by atoms with Crippen LogP contribution in [0.4, 0.5) is 0 Å². The Morgan fingerprint density at radius 3 is 0.989 bits per heavy atom. The highest BCUT2D eigenvalue weighted by molar-refractivity contribution is 8.13. The van der Waals surface area contributed by atoms with Gasteiger partial charge in [-0.2, -0.15) is 0 Å². The van der Waals surface area contributed by atoms with Crippen molar-refractivity contribution in [1.82, 2.24) is 9.44 Å². The number of esters is 2. The highest BCUT2D eigenvalue weighted by Gasteiger charge is 2.26. The maximum absolute atomic E-state index is 12.9. The normalized spacial score (nSPS) is 12.5. The van der Waals surface area contributed by atoms with Crippen molar-refractivity contribution >= 4 is 96.0 Å². The maximum Gasteiger partial charge on any atom is 0.307 e. The molecule has 90 heavy (non-hydrogen) atoms. The first-order valence-corrected chi connectivity index (χ1v) is 33.0. The van der Waals surface area contributed by atoms with Gasteiger partial charge < -0.3 is 31.2 Å². The number of hydrogen-bond donors (Lipinski definition) is 6. The number of carbonyl (C=O) groups is 4. The molecule has 22 heteroatoms. The van der Waals surface area contributed by atoms with Gasteiger partial charge in [-0.25, -0.2) is 34.7 Å². The zero-order chi connectivity index (χ0) is 65.3. The smallest absolute Gasteiger partial charge is 0.307 e. The summed E-state index contributed by atoms with van der Waals surface area (Å²) < 4.78 is 87.7. The van der Waals surface area contributed by atoms with Crippen molar-refractivity contribution in [3.63, 3.8) is 0 Å². The highest BCUT2D eigenvalue weighted by atomic mass is 35.7. The number of aliphatic carboxylic acids is 2.